The van der Waals surface area contributed by atoms with Crippen molar-refractivity contribution >= 4 is 0 Å². The van der Waals surface area contributed by atoms with Crippen molar-refractivity contribution in [3.63, 3.8) is 0 Å². The molecule has 19 heavy (non-hydrogen) atoms. The van der Waals surface area contributed by atoms with Crippen molar-refractivity contribution in [2.75, 3.05) is 7.05 Å². The normalized spacial score (nSPS) is 12.6. The molecule has 0 aliphatic carbocycles. The second kappa shape index (κ2) is 9.96. The maximum absolute atomic E-state index is 4.27. The molecule has 1 unspecified atom stereocenters. The molecule has 0 radical (unpaired) electrons. The molecule has 1 aromatic rings. The third-order valence-corrected chi connectivity index (χ3v) is 3.77. The molecule has 0 amide bonds. The van der Waals surface area contributed by atoms with E-state index >= 15 is 0 Å². The minimum atomic E-state index is 0.484. The van der Waals surface area contributed by atoms with Gasteiger partial charge in [0.05, 0.1) is 0 Å². The van der Waals surface area contributed by atoms with E-state index < -0.39 is 0 Å². The third-order valence-electron chi connectivity index (χ3n) is 3.77. The van der Waals surface area contributed by atoms with E-state index in [-0.39, 0.29) is 0 Å². The van der Waals surface area contributed by atoms with Gasteiger partial charge in [-0.3, -0.25) is 4.98 Å². The Morgan fingerprint density at radius 3 is 2.42 bits per heavy atom. The van der Waals surface area contributed by atoms with Crippen molar-refractivity contribution in [3.05, 3.63) is 29.6 Å². The fourth-order valence-corrected chi connectivity index (χ4v) is 2.57. The largest absolute Gasteiger partial charge is 0.313 e. The van der Waals surface area contributed by atoms with Gasteiger partial charge in [-0.1, -0.05) is 51.9 Å². The number of pyridine rings is 1. The molecule has 2 heteroatoms. The van der Waals surface area contributed by atoms with E-state index in [1.165, 1.54) is 56.9 Å². The standard InChI is InChI=1S/C17H30N2/c1-4-5-6-7-8-9-10-11-17(18-3)16-12-13-19-15(2)14-16/h12-14,17-18H,4-11H2,1-3H3. The van der Waals surface area contributed by atoms with Crippen LogP contribution in [0.3, 0.4) is 0 Å². The fraction of sp³-hybridized carbons (Fsp3) is 0.706. The Morgan fingerprint density at radius 2 is 1.79 bits per heavy atom. The summed E-state index contributed by atoms with van der Waals surface area (Å²) in [7, 11) is 2.06. The maximum atomic E-state index is 4.27. The maximum Gasteiger partial charge on any atom is 0.0375 e. The van der Waals surface area contributed by atoms with Crippen LogP contribution in [0, 0.1) is 6.92 Å². The first kappa shape index (κ1) is 16.2. The lowest BCUT2D eigenvalue weighted by Gasteiger charge is -2.16. The number of rotatable bonds is 10. The highest BCUT2D eigenvalue weighted by molar-refractivity contribution is 5.19. The number of nitrogens with zero attached hydrogens (tertiary/aromatic N) is 1. The molecule has 1 N–H and O–H groups in total. The summed E-state index contributed by atoms with van der Waals surface area (Å²) >= 11 is 0. The SMILES string of the molecule is CCCCCCCCCC(NC)c1ccnc(C)c1. The first-order valence-corrected chi connectivity index (χ1v) is 7.87. The van der Waals surface area contributed by atoms with Gasteiger partial charge >= 0.3 is 0 Å². The first-order chi connectivity index (χ1) is 9.27. The molecule has 108 valence electrons. The number of hydrogen-bond acceptors (Lipinski definition) is 2. The molecule has 2 nitrogen and oxygen atoms in total. The summed E-state index contributed by atoms with van der Waals surface area (Å²) in [6, 6.07) is 4.81. The molecule has 1 heterocycles. The van der Waals surface area contributed by atoms with Crippen LogP contribution in [0.1, 0.15) is 75.6 Å². The molecule has 0 aliphatic rings. The van der Waals surface area contributed by atoms with Crippen molar-refractivity contribution in [2.45, 2.75) is 71.3 Å². The van der Waals surface area contributed by atoms with Crippen LogP contribution in [0.2, 0.25) is 0 Å². The summed E-state index contributed by atoms with van der Waals surface area (Å²) in [5.41, 5.74) is 2.48. The summed E-state index contributed by atoms with van der Waals surface area (Å²) in [5, 5.41) is 3.43. The van der Waals surface area contributed by atoms with Gasteiger partial charge in [0.15, 0.2) is 0 Å². The van der Waals surface area contributed by atoms with E-state index in [1.54, 1.807) is 0 Å². The van der Waals surface area contributed by atoms with Crippen LogP contribution in [0.5, 0.6) is 0 Å². The van der Waals surface area contributed by atoms with Crippen molar-refractivity contribution < 1.29 is 0 Å². The highest BCUT2D eigenvalue weighted by Crippen LogP contribution is 2.20. The predicted molar refractivity (Wildman–Crippen MR) is 83.4 cm³/mol. The molecule has 0 fully saturated rings. The third kappa shape index (κ3) is 6.72. The molecule has 0 aromatic carbocycles. The van der Waals surface area contributed by atoms with Gasteiger partial charge < -0.3 is 5.32 Å². The summed E-state index contributed by atoms with van der Waals surface area (Å²) in [5.74, 6) is 0. The zero-order valence-electron chi connectivity index (χ0n) is 12.9. The molecule has 0 bridgehead atoms. The van der Waals surface area contributed by atoms with Gasteiger partial charge in [-0.2, -0.15) is 0 Å². The number of nitrogens with one attached hydrogen (secondary N) is 1. The number of aromatic nitrogens is 1. The second-order valence-corrected chi connectivity index (χ2v) is 5.48. The van der Waals surface area contributed by atoms with E-state index in [1.807, 2.05) is 6.20 Å². The summed E-state index contributed by atoms with van der Waals surface area (Å²) in [6.45, 7) is 4.33. The Balaban J connectivity index is 2.22. The lowest BCUT2D eigenvalue weighted by molar-refractivity contribution is 0.495. The Bertz CT molecular complexity index is 336. The first-order valence-electron chi connectivity index (χ1n) is 7.87. The molecule has 1 rings (SSSR count). The van der Waals surface area contributed by atoms with Gasteiger partial charge in [-0.15, -0.1) is 0 Å². The van der Waals surface area contributed by atoms with E-state index in [4.69, 9.17) is 0 Å². The van der Waals surface area contributed by atoms with Gasteiger partial charge in [-0.05, 0) is 38.1 Å². The second-order valence-electron chi connectivity index (χ2n) is 5.48. The number of hydrogen-bond donors (Lipinski definition) is 1. The van der Waals surface area contributed by atoms with Crippen LogP contribution in [-0.2, 0) is 0 Å². The molecule has 0 saturated heterocycles. The van der Waals surface area contributed by atoms with Gasteiger partial charge in [0.2, 0.25) is 0 Å². The van der Waals surface area contributed by atoms with E-state index in [0.717, 1.165) is 5.69 Å². The zero-order chi connectivity index (χ0) is 13.9. The van der Waals surface area contributed by atoms with Crippen LogP contribution in [0.25, 0.3) is 0 Å². The summed E-state index contributed by atoms with van der Waals surface area (Å²) in [4.78, 5) is 4.27. The van der Waals surface area contributed by atoms with Crippen LogP contribution in [0.4, 0.5) is 0 Å². The van der Waals surface area contributed by atoms with E-state index in [2.05, 4.69) is 43.3 Å². The molecular weight excluding hydrogens is 232 g/mol. The monoisotopic (exact) mass is 262 g/mol. The van der Waals surface area contributed by atoms with Crippen molar-refractivity contribution in [3.8, 4) is 0 Å². The molecular formula is C17H30N2. The Hall–Kier alpha value is -0.890. The fourth-order valence-electron chi connectivity index (χ4n) is 2.57. The van der Waals surface area contributed by atoms with Crippen LogP contribution in [-0.4, -0.2) is 12.0 Å². The minimum absolute atomic E-state index is 0.484. The quantitative estimate of drug-likeness (QED) is 0.613. The zero-order valence-corrected chi connectivity index (χ0v) is 12.9. The topological polar surface area (TPSA) is 24.9 Å². The van der Waals surface area contributed by atoms with Crippen molar-refractivity contribution in [1.82, 2.24) is 10.3 Å². The average Bonchev–Trinajstić information content (AvgIpc) is 2.42. The smallest absolute Gasteiger partial charge is 0.0375 e. The highest BCUT2D eigenvalue weighted by Gasteiger charge is 2.08. The van der Waals surface area contributed by atoms with E-state index in [0.29, 0.717) is 6.04 Å². The van der Waals surface area contributed by atoms with Gasteiger partial charge in [0.25, 0.3) is 0 Å². The van der Waals surface area contributed by atoms with Gasteiger partial charge in [0.1, 0.15) is 0 Å². The molecule has 0 saturated carbocycles. The average molecular weight is 262 g/mol. The Morgan fingerprint density at radius 1 is 1.11 bits per heavy atom. The summed E-state index contributed by atoms with van der Waals surface area (Å²) < 4.78 is 0. The Kier molecular flexibility index (Phi) is 8.48. The van der Waals surface area contributed by atoms with Gasteiger partial charge in [-0.25, -0.2) is 0 Å². The Labute approximate surface area is 119 Å². The van der Waals surface area contributed by atoms with Crippen LogP contribution in [0.15, 0.2) is 18.3 Å². The molecule has 1 atom stereocenters. The minimum Gasteiger partial charge on any atom is -0.313 e. The predicted octanol–water partition coefficient (Wildman–Crippen LogP) is 4.79. The molecule has 1 aromatic heterocycles. The van der Waals surface area contributed by atoms with Crippen molar-refractivity contribution in [2.24, 2.45) is 0 Å². The molecule has 0 aliphatic heterocycles. The molecule has 0 spiro atoms. The van der Waals surface area contributed by atoms with Crippen LogP contribution < -0.4 is 5.32 Å². The summed E-state index contributed by atoms with van der Waals surface area (Å²) in [6.07, 6.45) is 12.8. The lowest BCUT2D eigenvalue weighted by atomic mass is 10.00. The number of unbranched alkanes of at least 4 members (excludes halogenated alkanes) is 6. The van der Waals surface area contributed by atoms with Gasteiger partial charge in [0, 0.05) is 17.9 Å². The van der Waals surface area contributed by atoms with Crippen LogP contribution >= 0.6 is 0 Å². The van der Waals surface area contributed by atoms with E-state index in [9.17, 15) is 0 Å². The highest BCUT2D eigenvalue weighted by atomic mass is 14.9. The lowest BCUT2D eigenvalue weighted by Crippen LogP contribution is -2.16. The number of aryl methyl sites for hydroxylation is 1. The van der Waals surface area contributed by atoms with Crippen molar-refractivity contribution in [1.29, 1.82) is 0 Å².